The fraction of sp³-hybridized carbons (Fsp3) is 0.240. The van der Waals surface area contributed by atoms with Crippen molar-refractivity contribution in [1.82, 2.24) is 10.2 Å². The van der Waals surface area contributed by atoms with Crippen molar-refractivity contribution in [3.63, 3.8) is 0 Å². The van der Waals surface area contributed by atoms with Gasteiger partial charge >= 0.3 is 16.1 Å². The average Bonchev–Trinajstić information content (AvgIpc) is 2.81. The molecule has 0 saturated heterocycles. The maximum Gasteiger partial charge on any atom is 0.339 e. The van der Waals surface area contributed by atoms with Crippen LogP contribution in [0.5, 0.6) is 5.75 Å². The van der Waals surface area contributed by atoms with Crippen LogP contribution in [-0.4, -0.2) is 25.4 Å². The van der Waals surface area contributed by atoms with Crippen LogP contribution in [0, 0.1) is 5.82 Å². The molecule has 1 unspecified atom stereocenters. The average molecular weight is 471 g/mol. The highest BCUT2D eigenvalue weighted by atomic mass is 32.2. The van der Waals surface area contributed by atoms with Crippen LogP contribution in [-0.2, 0) is 23.2 Å². The van der Waals surface area contributed by atoms with E-state index in [4.69, 9.17) is 4.18 Å². The van der Waals surface area contributed by atoms with Gasteiger partial charge in [-0.3, -0.25) is 0 Å². The molecule has 174 valence electrons. The van der Waals surface area contributed by atoms with E-state index >= 15 is 0 Å². The van der Waals surface area contributed by atoms with Gasteiger partial charge in [-0.2, -0.15) is 8.42 Å². The number of amides is 2. The molecule has 3 aromatic rings. The van der Waals surface area contributed by atoms with E-state index in [1.54, 1.807) is 23.1 Å². The Balaban J connectivity index is 1.72. The quantitative estimate of drug-likeness (QED) is 0.441. The van der Waals surface area contributed by atoms with Gasteiger partial charge in [0.2, 0.25) is 0 Å². The Bertz CT molecular complexity index is 1170. The minimum absolute atomic E-state index is 0.0340. The molecule has 1 N–H and O–H groups in total. The molecule has 0 spiro atoms. The fourth-order valence-corrected chi connectivity index (χ4v) is 4.11. The molecule has 3 aromatic carbocycles. The first kappa shape index (κ1) is 24.3. The standard InChI is InChI=1S/C25H27FN2O4S/c1-3-19(2)28(25(29)27-17-20-8-5-4-6-9-20)18-21-10-7-11-23(16-21)32-33(30,31)24-14-12-22(26)13-15-24/h4-16,19H,3,17-18H2,1-2H3,(H,27,29). The molecule has 0 aromatic heterocycles. The Kier molecular flexibility index (Phi) is 8.06. The van der Waals surface area contributed by atoms with Crippen molar-refractivity contribution in [2.45, 2.75) is 44.3 Å². The summed E-state index contributed by atoms with van der Waals surface area (Å²) in [5.41, 5.74) is 1.72. The van der Waals surface area contributed by atoms with E-state index in [-0.39, 0.29) is 29.3 Å². The Hall–Kier alpha value is -3.39. The van der Waals surface area contributed by atoms with Gasteiger partial charge in [0.05, 0.1) is 0 Å². The molecule has 0 radical (unpaired) electrons. The number of hydrogen-bond donors (Lipinski definition) is 1. The first-order valence-electron chi connectivity index (χ1n) is 10.7. The number of rotatable bonds is 9. The lowest BCUT2D eigenvalue weighted by Gasteiger charge is -2.29. The van der Waals surface area contributed by atoms with E-state index in [0.29, 0.717) is 6.54 Å². The lowest BCUT2D eigenvalue weighted by Crippen LogP contribution is -2.44. The van der Waals surface area contributed by atoms with Gasteiger partial charge in [-0.15, -0.1) is 0 Å². The summed E-state index contributed by atoms with van der Waals surface area (Å²) in [6.45, 7) is 4.65. The van der Waals surface area contributed by atoms with E-state index in [9.17, 15) is 17.6 Å². The summed E-state index contributed by atoms with van der Waals surface area (Å²) in [7, 11) is -4.11. The van der Waals surface area contributed by atoms with Crippen LogP contribution in [0.4, 0.5) is 9.18 Å². The molecule has 0 bridgehead atoms. The summed E-state index contributed by atoms with van der Waals surface area (Å²) in [6.07, 6.45) is 0.758. The van der Waals surface area contributed by atoms with Gasteiger partial charge in [0.15, 0.2) is 0 Å². The molecule has 0 aliphatic rings. The van der Waals surface area contributed by atoms with Gasteiger partial charge < -0.3 is 14.4 Å². The first-order valence-corrected chi connectivity index (χ1v) is 12.1. The summed E-state index contributed by atoms with van der Waals surface area (Å²) < 4.78 is 43.4. The van der Waals surface area contributed by atoms with Crippen molar-refractivity contribution < 1.29 is 21.8 Å². The van der Waals surface area contributed by atoms with Crippen molar-refractivity contribution >= 4 is 16.1 Å². The third-order valence-corrected chi connectivity index (χ3v) is 6.49. The first-order chi connectivity index (χ1) is 15.8. The van der Waals surface area contributed by atoms with Crippen molar-refractivity contribution in [3.05, 3.63) is 95.8 Å². The van der Waals surface area contributed by atoms with Crippen LogP contribution >= 0.6 is 0 Å². The lowest BCUT2D eigenvalue weighted by molar-refractivity contribution is 0.173. The lowest BCUT2D eigenvalue weighted by atomic mass is 10.1. The van der Waals surface area contributed by atoms with Crippen LogP contribution in [0.15, 0.2) is 83.8 Å². The molecular formula is C25H27FN2O4S. The summed E-state index contributed by atoms with van der Waals surface area (Å²) in [6, 6.07) is 20.4. The van der Waals surface area contributed by atoms with Crippen LogP contribution in [0.1, 0.15) is 31.4 Å². The smallest absolute Gasteiger partial charge is 0.339 e. The number of halogens is 1. The van der Waals surface area contributed by atoms with Gasteiger partial charge in [-0.05, 0) is 60.9 Å². The molecule has 2 amide bonds. The van der Waals surface area contributed by atoms with Crippen molar-refractivity contribution in [2.24, 2.45) is 0 Å². The molecule has 1 atom stereocenters. The van der Waals surface area contributed by atoms with Crippen molar-refractivity contribution in [1.29, 1.82) is 0 Å². The fourth-order valence-electron chi connectivity index (χ4n) is 3.19. The number of urea groups is 1. The Morgan fingerprint density at radius 1 is 1.00 bits per heavy atom. The predicted octanol–water partition coefficient (Wildman–Crippen LogP) is 5.10. The molecule has 0 heterocycles. The minimum atomic E-state index is -4.11. The second-order valence-corrected chi connectivity index (χ2v) is 9.21. The van der Waals surface area contributed by atoms with Crippen molar-refractivity contribution in [2.75, 3.05) is 0 Å². The van der Waals surface area contributed by atoms with E-state index < -0.39 is 15.9 Å². The van der Waals surface area contributed by atoms with E-state index in [1.165, 1.54) is 6.07 Å². The SMILES string of the molecule is CCC(C)N(Cc1cccc(OS(=O)(=O)c2ccc(F)cc2)c1)C(=O)NCc1ccccc1. The van der Waals surface area contributed by atoms with Crippen LogP contribution < -0.4 is 9.50 Å². The van der Waals surface area contributed by atoms with Crippen LogP contribution in [0.3, 0.4) is 0 Å². The third kappa shape index (κ3) is 6.79. The maximum absolute atomic E-state index is 13.1. The molecule has 33 heavy (non-hydrogen) atoms. The number of carbonyl (C=O) groups excluding carboxylic acids is 1. The maximum atomic E-state index is 13.1. The second kappa shape index (κ2) is 11.0. The zero-order valence-electron chi connectivity index (χ0n) is 18.6. The number of hydrogen-bond acceptors (Lipinski definition) is 4. The Morgan fingerprint density at radius 3 is 2.33 bits per heavy atom. The summed E-state index contributed by atoms with van der Waals surface area (Å²) in [5, 5.41) is 2.94. The third-order valence-electron chi connectivity index (χ3n) is 5.23. The highest BCUT2D eigenvalue weighted by Gasteiger charge is 2.21. The van der Waals surface area contributed by atoms with E-state index in [2.05, 4.69) is 5.32 Å². The van der Waals surface area contributed by atoms with Gasteiger partial charge in [0.25, 0.3) is 0 Å². The highest BCUT2D eigenvalue weighted by Crippen LogP contribution is 2.22. The van der Waals surface area contributed by atoms with Gasteiger partial charge in [-0.25, -0.2) is 9.18 Å². The topological polar surface area (TPSA) is 75.7 Å². The molecule has 8 heteroatoms. The number of nitrogens with zero attached hydrogens (tertiary/aromatic N) is 1. The van der Waals surface area contributed by atoms with Gasteiger partial charge in [-0.1, -0.05) is 49.4 Å². The highest BCUT2D eigenvalue weighted by molar-refractivity contribution is 7.87. The molecule has 0 aliphatic heterocycles. The number of carbonyl (C=O) groups is 1. The molecule has 6 nitrogen and oxygen atoms in total. The van der Waals surface area contributed by atoms with Gasteiger partial charge in [0, 0.05) is 19.1 Å². The molecule has 0 saturated carbocycles. The van der Waals surface area contributed by atoms with Gasteiger partial charge in [0.1, 0.15) is 16.5 Å². The molecule has 0 fully saturated rings. The minimum Gasteiger partial charge on any atom is -0.379 e. The van der Waals surface area contributed by atoms with E-state index in [1.807, 2.05) is 44.2 Å². The summed E-state index contributed by atoms with van der Waals surface area (Å²) >= 11 is 0. The second-order valence-electron chi connectivity index (χ2n) is 7.67. The van der Waals surface area contributed by atoms with E-state index in [0.717, 1.165) is 41.8 Å². The summed E-state index contributed by atoms with van der Waals surface area (Å²) in [5.74, 6) is -0.419. The predicted molar refractivity (Wildman–Crippen MR) is 125 cm³/mol. The zero-order valence-corrected chi connectivity index (χ0v) is 19.4. The Morgan fingerprint density at radius 2 is 1.67 bits per heavy atom. The number of benzene rings is 3. The van der Waals surface area contributed by atoms with Crippen LogP contribution in [0.2, 0.25) is 0 Å². The molecular weight excluding hydrogens is 443 g/mol. The van der Waals surface area contributed by atoms with Crippen molar-refractivity contribution in [3.8, 4) is 5.75 Å². The van der Waals surface area contributed by atoms with Crippen LogP contribution in [0.25, 0.3) is 0 Å². The summed E-state index contributed by atoms with van der Waals surface area (Å²) in [4.78, 5) is 14.5. The normalized spacial score (nSPS) is 12.1. The Labute approximate surface area is 194 Å². The molecule has 3 rings (SSSR count). The number of nitrogens with one attached hydrogen (secondary N) is 1. The largest absolute Gasteiger partial charge is 0.379 e. The zero-order chi connectivity index (χ0) is 23.8. The monoisotopic (exact) mass is 470 g/mol. The molecule has 0 aliphatic carbocycles.